The Labute approximate surface area is 107 Å². The number of nitrogens with zero attached hydrogens (tertiary/aromatic N) is 1. The normalized spacial score (nSPS) is 22.0. The van der Waals surface area contributed by atoms with Crippen LogP contribution in [0.4, 0.5) is 8.78 Å². The van der Waals surface area contributed by atoms with Gasteiger partial charge in [0, 0.05) is 29.4 Å². The van der Waals surface area contributed by atoms with E-state index in [-0.39, 0.29) is 16.8 Å². The fourth-order valence-electron chi connectivity index (χ4n) is 2.07. The first-order valence-electron chi connectivity index (χ1n) is 5.37. The van der Waals surface area contributed by atoms with Crippen molar-refractivity contribution in [2.45, 2.75) is 24.2 Å². The molecule has 0 spiro atoms. The summed E-state index contributed by atoms with van der Waals surface area (Å²) >= 11 is 3.37. The maximum Gasteiger partial charge on any atom is 0.224 e. The third-order valence-corrected chi connectivity index (χ3v) is 3.60. The van der Waals surface area contributed by atoms with Gasteiger partial charge < -0.3 is 4.90 Å². The molecule has 92 valence electrons. The molecule has 0 saturated carbocycles. The molecule has 2 unspecified atom stereocenters. The van der Waals surface area contributed by atoms with E-state index in [0.29, 0.717) is 18.5 Å². The molecule has 0 N–H and O–H groups in total. The summed E-state index contributed by atoms with van der Waals surface area (Å²) in [5, 5.41) is 0. The predicted molar refractivity (Wildman–Crippen MR) is 63.8 cm³/mol. The second-order valence-electron chi connectivity index (χ2n) is 4.19. The molecule has 1 amide bonds. The Morgan fingerprint density at radius 1 is 1.47 bits per heavy atom. The summed E-state index contributed by atoms with van der Waals surface area (Å²) in [6, 6.07) is 3.08. The zero-order valence-electron chi connectivity index (χ0n) is 9.29. The van der Waals surface area contributed by atoms with E-state index in [1.54, 1.807) is 11.8 Å². The van der Waals surface area contributed by atoms with Crippen LogP contribution in [0.15, 0.2) is 18.2 Å². The first-order valence-corrected chi connectivity index (χ1v) is 6.29. The van der Waals surface area contributed by atoms with Crippen molar-refractivity contribution in [3.05, 3.63) is 35.4 Å². The molecule has 0 radical (unpaired) electrons. The van der Waals surface area contributed by atoms with Gasteiger partial charge in [0.2, 0.25) is 5.91 Å². The fourth-order valence-corrected chi connectivity index (χ4v) is 2.66. The number of halogens is 3. The van der Waals surface area contributed by atoms with E-state index in [1.807, 2.05) is 0 Å². The summed E-state index contributed by atoms with van der Waals surface area (Å²) in [7, 11) is 0. The number of hydrogen-bond donors (Lipinski definition) is 0. The molecule has 0 bridgehead atoms. The van der Waals surface area contributed by atoms with Gasteiger partial charge in [-0.3, -0.25) is 4.79 Å². The van der Waals surface area contributed by atoms with Crippen molar-refractivity contribution in [1.82, 2.24) is 4.90 Å². The third-order valence-electron chi connectivity index (χ3n) is 2.99. The van der Waals surface area contributed by atoms with Crippen LogP contribution in [0.2, 0.25) is 0 Å². The van der Waals surface area contributed by atoms with Crippen molar-refractivity contribution >= 4 is 21.8 Å². The quantitative estimate of drug-likeness (QED) is 0.769. The van der Waals surface area contributed by atoms with Gasteiger partial charge in [-0.1, -0.05) is 22.0 Å². The number of likely N-dealkylation sites (tertiary alicyclic amines) is 1. The van der Waals surface area contributed by atoms with Gasteiger partial charge in [0.15, 0.2) is 0 Å². The Bertz CT molecular complexity index is 452. The van der Waals surface area contributed by atoms with Crippen molar-refractivity contribution < 1.29 is 13.6 Å². The molecule has 1 aromatic carbocycles. The Balaban J connectivity index is 2.25. The van der Waals surface area contributed by atoms with Crippen molar-refractivity contribution in [2.75, 3.05) is 6.54 Å². The number of carbonyl (C=O) groups excluding carboxylic acids is 1. The van der Waals surface area contributed by atoms with Crippen molar-refractivity contribution in [1.29, 1.82) is 0 Å². The zero-order chi connectivity index (χ0) is 12.6. The van der Waals surface area contributed by atoms with Gasteiger partial charge in [-0.15, -0.1) is 0 Å². The summed E-state index contributed by atoms with van der Waals surface area (Å²) in [6.07, 6.45) is 0.424. The van der Waals surface area contributed by atoms with E-state index in [2.05, 4.69) is 15.9 Å². The maximum atomic E-state index is 13.6. The molecule has 1 aromatic rings. The molecule has 2 nitrogen and oxygen atoms in total. The lowest BCUT2D eigenvalue weighted by molar-refractivity contribution is -0.129. The molecular formula is C12H12BrF2NO. The third kappa shape index (κ3) is 2.49. The number of hydrogen-bond acceptors (Lipinski definition) is 1. The van der Waals surface area contributed by atoms with Gasteiger partial charge in [-0.2, -0.15) is 0 Å². The van der Waals surface area contributed by atoms with Gasteiger partial charge in [-0.25, -0.2) is 8.78 Å². The van der Waals surface area contributed by atoms with E-state index in [9.17, 15) is 13.6 Å². The van der Waals surface area contributed by atoms with Crippen LogP contribution in [0, 0.1) is 11.6 Å². The van der Waals surface area contributed by atoms with E-state index in [0.717, 1.165) is 6.07 Å². The Morgan fingerprint density at radius 2 is 2.18 bits per heavy atom. The van der Waals surface area contributed by atoms with E-state index < -0.39 is 11.6 Å². The average molecular weight is 304 g/mol. The van der Waals surface area contributed by atoms with E-state index >= 15 is 0 Å². The summed E-state index contributed by atoms with van der Waals surface area (Å²) in [5.74, 6) is -1.23. The minimum absolute atomic E-state index is 0.0110. The number of benzene rings is 1. The Morgan fingerprint density at radius 3 is 2.71 bits per heavy atom. The first kappa shape index (κ1) is 12.5. The highest BCUT2D eigenvalue weighted by Gasteiger charge is 2.32. The zero-order valence-corrected chi connectivity index (χ0v) is 10.9. The van der Waals surface area contributed by atoms with Crippen LogP contribution in [0.25, 0.3) is 0 Å². The number of rotatable bonds is 2. The van der Waals surface area contributed by atoms with Gasteiger partial charge >= 0.3 is 0 Å². The Kier molecular flexibility index (Phi) is 3.47. The fraction of sp³-hybridized carbons (Fsp3) is 0.417. The van der Waals surface area contributed by atoms with Crippen molar-refractivity contribution in [3.63, 3.8) is 0 Å². The highest BCUT2D eigenvalue weighted by atomic mass is 79.9. The lowest BCUT2D eigenvalue weighted by atomic mass is 10.1. The molecule has 1 fully saturated rings. The average Bonchev–Trinajstić information content (AvgIpc) is 2.57. The van der Waals surface area contributed by atoms with Crippen LogP contribution in [0.1, 0.15) is 24.9 Å². The summed E-state index contributed by atoms with van der Waals surface area (Å²) in [4.78, 5) is 13.4. The summed E-state index contributed by atoms with van der Waals surface area (Å²) in [6.45, 7) is 2.30. The second-order valence-corrected chi connectivity index (χ2v) is 5.48. The molecule has 2 atom stereocenters. The van der Waals surface area contributed by atoms with Gasteiger partial charge in [0.05, 0.1) is 6.04 Å². The number of amides is 1. The SMILES string of the molecule is CC(c1ccc(F)cc1F)N1CC(Br)CC1=O. The lowest BCUT2D eigenvalue weighted by Crippen LogP contribution is -2.29. The molecule has 5 heteroatoms. The number of carbonyl (C=O) groups is 1. The highest BCUT2D eigenvalue weighted by molar-refractivity contribution is 9.09. The molecule has 1 aliphatic heterocycles. The number of alkyl halides is 1. The molecule has 1 heterocycles. The molecular weight excluding hydrogens is 292 g/mol. The lowest BCUT2D eigenvalue weighted by Gasteiger charge is -2.25. The molecule has 2 rings (SSSR count). The molecule has 1 aliphatic rings. The predicted octanol–water partition coefficient (Wildman–Crippen LogP) is 3.02. The molecule has 17 heavy (non-hydrogen) atoms. The standard InChI is InChI=1S/C12H12BrF2NO/c1-7(16-6-8(13)4-12(16)17)10-3-2-9(14)5-11(10)15/h2-3,5,7-8H,4,6H2,1H3. The maximum absolute atomic E-state index is 13.6. The van der Waals surface area contributed by atoms with Crippen LogP contribution in [0.3, 0.4) is 0 Å². The molecule has 0 aliphatic carbocycles. The van der Waals surface area contributed by atoms with Crippen molar-refractivity contribution in [3.8, 4) is 0 Å². The topological polar surface area (TPSA) is 20.3 Å². The van der Waals surface area contributed by atoms with E-state index in [1.165, 1.54) is 12.1 Å². The Hall–Kier alpha value is -0.970. The van der Waals surface area contributed by atoms with Gasteiger partial charge in [-0.05, 0) is 13.0 Å². The van der Waals surface area contributed by atoms with Crippen LogP contribution in [0.5, 0.6) is 0 Å². The smallest absolute Gasteiger partial charge is 0.224 e. The van der Waals surface area contributed by atoms with Crippen LogP contribution in [-0.2, 0) is 4.79 Å². The highest BCUT2D eigenvalue weighted by Crippen LogP contribution is 2.29. The second kappa shape index (κ2) is 4.72. The van der Waals surface area contributed by atoms with Crippen LogP contribution >= 0.6 is 15.9 Å². The molecule has 1 saturated heterocycles. The minimum Gasteiger partial charge on any atom is -0.335 e. The summed E-state index contributed by atoms with van der Waals surface area (Å²) in [5.41, 5.74) is 0.348. The van der Waals surface area contributed by atoms with Gasteiger partial charge in [0.25, 0.3) is 0 Å². The monoisotopic (exact) mass is 303 g/mol. The molecule has 0 aromatic heterocycles. The largest absolute Gasteiger partial charge is 0.335 e. The summed E-state index contributed by atoms with van der Waals surface area (Å²) < 4.78 is 26.4. The van der Waals surface area contributed by atoms with Gasteiger partial charge in [0.1, 0.15) is 11.6 Å². The minimum atomic E-state index is -0.608. The van der Waals surface area contributed by atoms with Crippen LogP contribution < -0.4 is 0 Å². The van der Waals surface area contributed by atoms with E-state index in [4.69, 9.17) is 0 Å². The first-order chi connectivity index (χ1) is 7.99. The van der Waals surface area contributed by atoms with Crippen molar-refractivity contribution in [2.24, 2.45) is 0 Å². The van der Waals surface area contributed by atoms with Crippen LogP contribution in [-0.4, -0.2) is 22.2 Å².